The van der Waals surface area contributed by atoms with Crippen molar-refractivity contribution in [2.75, 3.05) is 39.6 Å². The summed E-state index contributed by atoms with van der Waals surface area (Å²) < 4.78 is 68.3. The Hall–Kier alpha value is -1.94. The summed E-state index contributed by atoms with van der Waals surface area (Å²) in [7, 11) is -9.90. The van der Waals surface area contributed by atoms with E-state index in [9.17, 15) is 43.2 Å². The van der Waals surface area contributed by atoms with Gasteiger partial charge in [-0.15, -0.1) is 0 Å². The zero-order valence-corrected chi connectivity index (χ0v) is 63.8. The van der Waals surface area contributed by atoms with Crippen LogP contribution >= 0.6 is 15.6 Å². The van der Waals surface area contributed by atoms with E-state index >= 15 is 0 Å². The molecule has 0 rings (SSSR count). The molecule has 0 aliphatic rings. The number of unbranched alkanes of at least 4 members (excludes halogenated alkanes) is 43. The minimum Gasteiger partial charge on any atom is -0.462 e. The smallest absolute Gasteiger partial charge is 0.462 e. The van der Waals surface area contributed by atoms with Gasteiger partial charge in [0.1, 0.15) is 19.3 Å². The van der Waals surface area contributed by atoms with Crippen molar-refractivity contribution in [3.8, 4) is 0 Å². The predicted molar refractivity (Wildman–Crippen MR) is 386 cm³/mol. The Morgan fingerprint density at radius 3 is 0.747 bits per heavy atom. The van der Waals surface area contributed by atoms with Crippen molar-refractivity contribution in [1.29, 1.82) is 0 Å². The third-order valence-electron chi connectivity index (χ3n) is 18.4. The van der Waals surface area contributed by atoms with Gasteiger partial charge in [-0.25, -0.2) is 9.13 Å². The number of hydrogen-bond donors (Lipinski definition) is 3. The number of carbonyl (C=O) groups is 4. The lowest BCUT2D eigenvalue weighted by Crippen LogP contribution is -2.30. The summed E-state index contributed by atoms with van der Waals surface area (Å²) in [5.74, 6) is -0.516. The number of aliphatic hydroxyl groups excluding tert-OH is 1. The Morgan fingerprint density at radius 1 is 0.295 bits per heavy atom. The van der Waals surface area contributed by atoms with E-state index in [2.05, 4.69) is 41.5 Å². The fourth-order valence-electron chi connectivity index (χ4n) is 11.6. The molecule has 3 N–H and O–H groups in total. The number of esters is 4. The van der Waals surface area contributed by atoms with E-state index < -0.39 is 97.5 Å². The van der Waals surface area contributed by atoms with Crippen LogP contribution in [0.4, 0.5) is 0 Å². The Bertz CT molecular complexity index is 1840. The Kier molecular flexibility index (Phi) is 66.5. The van der Waals surface area contributed by atoms with E-state index in [1.807, 2.05) is 0 Å². The first-order chi connectivity index (χ1) is 45.9. The van der Waals surface area contributed by atoms with E-state index in [4.69, 9.17) is 37.0 Å². The minimum atomic E-state index is -4.96. The van der Waals surface area contributed by atoms with Gasteiger partial charge in [0.25, 0.3) is 0 Å². The van der Waals surface area contributed by atoms with E-state index in [0.29, 0.717) is 25.7 Å². The van der Waals surface area contributed by atoms with Crippen LogP contribution in [0.25, 0.3) is 0 Å². The van der Waals surface area contributed by atoms with Crippen LogP contribution in [0.1, 0.15) is 395 Å². The van der Waals surface area contributed by atoms with Gasteiger partial charge >= 0.3 is 39.5 Å². The second-order valence-corrected chi connectivity index (χ2v) is 30.8. The van der Waals surface area contributed by atoms with Gasteiger partial charge in [-0.1, -0.05) is 343 Å². The molecular formula is C76H148O17P2. The third kappa shape index (κ3) is 67.6. The van der Waals surface area contributed by atoms with Gasteiger partial charge < -0.3 is 33.8 Å². The fourth-order valence-corrected chi connectivity index (χ4v) is 13.2. The molecule has 0 aliphatic carbocycles. The highest BCUT2D eigenvalue weighted by Crippen LogP contribution is 2.45. The van der Waals surface area contributed by atoms with Gasteiger partial charge in [0.05, 0.1) is 26.4 Å². The number of carbonyl (C=O) groups excluding carboxylic acids is 4. The molecule has 95 heavy (non-hydrogen) atoms. The van der Waals surface area contributed by atoms with Crippen molar-refractivity contribution in [2.24, 2.45) is 11.8 Å². The van der Waals surface area contributed by atoms with Gasteiger partial charge in [-0.2, -0.15) is 0 Å². The van der Waals surface area contributed by atoms with E-state index in [-0.39, 0.29) is 25.7 Å². The van der Waals surface area contributed by atoms with Crippen molar-refractivity contribution in [3.05, 3.63) is 0 Å². The van der Waals surface area contributed by atoms with E-state index in [0.717, 1.165) is 108 Å². The lowest BCUT2D eigenvalue weighted by molar-refractivity contribution is -0.161. The Morgan fingerprint density at radius 2 is 0.505 bits per heavy atom. The third-order valence-corrected chi connectivity index (χ3v) is 20.3. The first kappa shape index (κ1) is 93.1. The number of rotatable bonds is 75. The molecule has 0 radical (unpaired) electrons. The predicted octanol–water partition coefficient (Wildman–Crippen LogP) is 22.3. The second-order valence-electron chi connectivity index (χ2n) is 27.9. The quantitative estimate of drug-likeness (QED) is 0.0222. The average molecular weight is 1400 g/mol. The minimum absolute atomic E-state index is 0.105. The summed E-state index contributed by atoms with van der Waals surface area (Å²) in [5, 5.41) is 10.6. The summed E-state index contributed by atoms with van der Waals surface area (Å²) in [5.41, 5.74) is 0. The Labute approximate surface area is 581 Å². The largest absolute Gasteiger partial charge is 0.472 e. The van der Waals surface area contributed by atoms with Gasteiger partial charge in [-0.05, 0) is 37.5 Å². The number of ether oxygens (including phenoxy) is 4. The topological polar surface area (TPSA) is 237 Å². The molecule has 564 valence electrons. The summed E-state index contributed by atoms with van der Waals surface area (Å²) in [6, 6.07) is 0. The summed E-state index contributed by atoms with van der Waals surface area (Å²) in [6.07, 6.45) is 55.9. The van der Waals surface area contributed by atoms with Crippen LogP contribution in [0.15, 0.2) is 0 Å². The van der Waals surface area contributed by atoms with Crippen LogP contribution in [0, 0.1) is 11.8 Å². The van der Waals surface area contributed by atoms with Crippen LogP contribution in [0.2, 0.25) is 0 Å². The molecule has 0 bridgehead atoms. The average Bonchev–Trinajstić information content (AvgIpc) is 3.64. The second kappa shape index (κ2) is 67.9. The summed E-state index contributed by atoms with van der Waals surface area (Å²) >= 11 is 0. The van der Waals surface area contributed by atoms with Crippen molar-refractivity contribution >= 4 is 39.5 Å². The van der Waals surface area contributed by atoms with Crippen LogP contribution in [-0.4, -0.2) is 96.7 Å². The molecule has 0 aromatic rings. The normalized spacial score (nSPS) is 14.6. The fraction of sp³-hybridized carbons (Fsp3) is 0.947. The molecule has 17 nitrogen and oxygen atoms in total. The zero-order chi connectivity index (χ0) is 70.0. The van der Waals surface area contributed by atoms with Crippen LogP contribution in [0.5, 0.6) is 0 Å². The zero-order valence-electron chi connectivity index (χ0n) is 62.0. The van der Waals surface area contributed by atoms with Crippen molar-refractivity contribution in [3.63, 3.8) is 0 Å². The Balaban J connectivity index is 5.11. The lowest BCUT2D eigenvalue weighted by Gasteiger charge is -2.21. The molecular weight excluding hydrogens is 1250 g/mol. The number of hydrogen-bond acceptors (Lipinski definition) is 15. The molecule has 0 heterocycles. The van der Waals surface area contributed by atoms with Crippen molar-refractivity contribution in [2.45, 2.75) is 413 Å². The standard InChI is InChI=1S/C76H148O17P2/c1-7-11-13-15-16-17-18-19-20-21-22-23-24-25-26-27-28-29-37-42-48-54-60-76(81)93-72(65-87-74(79)59-53-47-41-36-32-30-34-39-45-50-56-68(5)9-3)67-91-95(84,85)89-63-70(77)62-88-94(82,83)90-66-71(64-86-73(78)58-52-44-14-12-8-2)92-75(80)61-55-49-43-38-33-31-35-40-46-51-57-69(6)10-4/h68-72,77H,7-67H2,1-6H3,(H,82,83)(H,84,85)/t68?,69?,70-,71+,72+/m0/s1. The summed E-state index contributed by atoms with van der Waals surface area (Å²) in [4.78, 5) is 72.5. The molecule has 0 aliphatic heterocycles. The SMILES string of the molecule is CCCCCCCCCCCCCCCCCCCCCCCCC(=O)O[C@H](COC(=O)CCCCCCCCCCCCC(C)CC)COP(=O)(O)OC[C@@H](O)COP(=O)(O)OC[C@@H](COC(=O)CCCCCCC)OC(=O)CCCCCCCCCCCCC(C)CC. The van der Waals surface area contributed by atoms with Gasteiger partial charge in [-0.3, -0.25) is 37.3 Å². The number of phosphoric acid groups is 2. The van der Waals surface area contributed by atoms with Crippen LogP contribution in [0.3, 0.4) is 0 Å². The molecule has 0 saturated heterocycles. The van der Waals surface area contributed by atoms with E-state index in [1.165, 1.54) is 205 Å². The molecule has 0 spiro atoms. The molecule has 0 amide bonds. The van der Waals surface area contributed by atoms with Crippen molar-refractivity contribution in [1.82, 2.24) is 0 Å². The van der Waals surface area contributed by atoms with Gasteiger partial charge in [0.2, 0.25) is 0 Å². The molecule has 7 atom stereocenters. The maximum Gasteiger partial charge on any atom is 0.472 e. The highest BCUT2D eigenvalue weighted by molar-refractivity contribution is 7.47. The van der Waals surface area contributed by atoms with Crippen LogP contribution in [-0.2, 0) is 65.4 Å². The van der Waals surface area contributed by atoms with Gasteiger partial charge in [0, 0.05) is 25.7 Å². The number of phosphoric ester groups is 2. The highest BCUT2D eigenvalue weighted by Gasteiger charge is 2.30. The maximum atomic E-state index is 13.1. The number of aliphatic hydroxyl groups is 1. The summed E-state index contributed by atoms with van der Waals surface area (Å²) in [6.45, 7) is 9.55. The molecule has 4 unspecified atom stereocenters. The molecule has 0 aromatic heterocycles. The molecule has 0 saturated carbocycles. The monoisotopic (exact) mass is 1400 g/mol. The lowest BCUT2D eigenvalue weighted by atomic mass is 9.99. The first-order valence-electron chi connectivity index (χ1n) is 39.6. The molecule has 19 heteroatoms. The van der Waals surface area contributed by atoms with Crippen LogP contribution < -0.4 is 0 Å². The molecule has 0 fully saturated rings. The highest BCUT2D eigenvalue weighted by atomic mass is 31.2. The maximum absolute atomic E-state index is 13.1. The first-order valence-corrected chi connectivity index (χ1v) is 42.6. The molecule has 0 aromatic carbocycles. The van der Waals surface area contributed by atoms with E-state index in [1.54, 1.807) is 0 Å². The van der Waals surface area contributed by atoms with Gasteiger partial charge in [0.15, 0.2) is 12.2 Å². The van der Waals surface area contributed by atoms with Crippen molar-refractivity contribution < 1.29 is 80.2 Å².